The van der Waals surface area contributed by atoms with Gasteiger partial charge in [-0.1, -0.05) is 127 Å². The van der Waals surface area contributed by atoms with Crippen LogP contribution < -0.4 is 37.2 Å². The minimum Gasteiger partial charge on any atom is -0.459 e. The molecule has 17 heteroatoms. The molecule has 7 atom stereocenters. The van der Waals surface area contributed by atoms with Crippen molar-refractivity contribution in [3.63, 3.8) is 0 Å². The first-order valence-electron chi connectivity index (χ1n) is 25.9. The van der Waals surface area contributed by atoms with Gasteiger partial charge in [0.1, 0.15) is 54.5 Å². The predicted octanol–water partition coefficient (Wildman–Crippen LogP) is 6.85. The third-order valence-corrected chi connectivity index (χ3v) is 10.9. The van der Waals surface area contributed by atoms with Gasteiger partial charge >= 0.3 is 12.1 Å². The summed E-state index contributed by atoms with van der Waals surface area (Å²) in [7, 11) is 0. The number of hydrogen-bond donors (Lipinski definition) is 7. The summed E-state index contributed by atoms with van der Waals surface area (Å²) in [5.74, 6) is -4.46. The smallest absolute Gasteiger partial charge is 0.408 e. The fourth-order valence-electron chi connectivity index (χ4n) is 7.82. The van der Waals surface area contributed by atoms with Gasteiger partial charge in [-0.15, -0.1) is 0 Å². The molecule has 7 N–H and O–H groups in total. The Morgan fingerprint density at radius 1 is 0.380 bits per heavy atom. The van der Waals surface area contributed by atoms with E-state index in [2.05, 4.69) is 37.2 Å². The molecule has 0 aromatic heterocycles. The fraction of sp³-hybridized carbons (Fsp3) is 0.741. The van der Waals surface area contributed by atoms with Crippen molar-refractivity contribution in [1.82, 2.24) is 37.2 Å². The van der Waals surface area contributed by atoms with E-state index in [9.17, 15) is 38.4 Å². The van der Waals surface area contributed by atoms with E-state index in [1.807, 2.05) is 127 Å². The molecule has 0 unspecified atom stereocenters. The highest BCUT2D eigenvalue weighted by molar-refractivity contribution is 5.97. The normalized spacial score (nSPS) is 14.8. The molecule has 0 saturated carbocycles. The van der Waals surface area contributed by atoms with Crippen LogP contribution in [-0.4, -0.2) is 95.4 Å². The fourth-order valence-corrected chi connectivity index (χ4v) is 7.82. The Morgan fingerprint density at radius 2 is 0.620 bits per heavy atom. The number of alkyl carbamates (subject to hydrolysis) is 1. The van der Waals surface area contributed by atoms with E-state index in [-0.39, 0.29) is 86.6 Å². The van der Waals surface area contributed by atoms with E-state index in [1.54, 1.807) is 20.8 Å². The van der Waals surface area contributed by atoms with E-state index in [0.29, 0.717) is 6.42 Å². The third kappa shape index (κ3) is 27.3. The molecule has 1 aromatic rings. The Kier molecular flexibility index (Phi) is 28.1. The van der Waals surface area contributed by atoms with Crippen molar-refractivity contribution in [3.05, 3.63) is 35.9 Å². The second-order valence-electron chi connectivity index (χ2n) is 23.1. The van der Waals surface area contributed by atoms with Crippen molar-refractivity contribution in [2.75, 3.05) is 0 Å². The molecule has 0 aliphatic carbocycles. The van der Waals surface area contributed by atoms with Crippen molar-refractivity contribution in [1.29, 1.82) is 0 Å². The van der Waals surface area contributed by atoms with Crippen LogP contribution in [0.15, 0.2) is 30.3 Å². The monoisotopic (exact) mass is 1000 g/mol. The van der Waals surface area contributed by atoms with Crippen LogP contribution in [0.5, 0.6) is 0 Å². The topological polar surface area (TPSA) is 239 Å². The van der Waals surface area contributed by atoms with E-state index >= 15 is 0 Å². The van der Waals surface area contributed by atoms with Crippen molar-refractivity contribution < 1.29 is 47.8 Å². The van der Waals surface area contributed by atoms with Crippen molar-refractivity contribution in [3.8, 4) is 0 Å². The molecular formula is C54H93N7O10. The number of carbonyl (C=O) groups is 8. The van der Waals surface area contributed by atoms with Gasteiger partial charge in [0, 0.05) is 0 Å². The zero-order chi connectivity index (χ0) is 54.3. The highest BCUT2D eigenvalue weighted by Gasteiger charge is 2.36. The third-order valence-electron chi connectivity index (χ3n) is 10.9. The van der Waals surface area contributed by atoms with Crippen LogP contribution in [0.4, 0.5) is 4.79 Å². The number of ether oxygens (including phenoxy) is 2. The van der Waals surface area contributed by atoms with E-state index in [4.69, 9.17) is 9.47 Å². The molecule has 0 fully saturated rings. The SMILES string of the molecule is CC(C)C[C@H](NC(=O)OC(C)(C)C)C(=O)N[C@@H](CC(C)C)C(=O)N[C@@H](CC(C)C)C(=O)N[C@@H](CC(C)C)C(=O)N[C@@H](CC(C)C)C(=O)N[C@@H](CC(C)C)C(=O)N[C@@H](CC(C)C)C(=O)OCc1ccccc1. The maximum atomic E-state index is 14.3. The number of rotatable bonds is 30. The predicted molar refractivity (Wildman–Crippen MR) is 277 cm³/mol. The van der Waals surface area contributed by atoms with Gasteiger partial charge in [-0.05, 0) is 113 Å². The molecule has 0 saturated heterocycles. The van der Waals surface area contributed by atoms with E-state index < -0.39 is 95.4 Å². The molecule has 7 amide bonds. The number of benzene rings is 1. The van der Waals surface area contributed by atoms with Gasteiger partial charge in [0.05, 0.1) is 0 Å². The van der Waals surface area contributed by atoms with Gasteiger partial charge in [-0.2, -0.15) is 0 Å². The standard InChI is InChI=1S/C54H93N7O10/c1-31(2)23-39(55-47(63)40(24-32(3)4)57-49(65)42(26-34(7)8)59-51(67)44(28-36(11)12)61-53(69)71-54(15,16)17)46(62)56-41(25-33(5)6)48(64)58-43(27-35(9)10)50(66)60-45(29-37(13)14)52(68)70-30-38-21-19-18-20-22-38/h18-22,31-37,39-45H,23-30H2,1-17H3,(H,55,63)(H,56,62)(H,57,65)(H,58,64)(H,59,67)(H,60,66)(H,61,69)/t39-,40-,41-,42-,43-,44-,45-/m0/s1. The minimum absolute atomic E-state index is 0.00802. The van der Waals surface area contributed by atoms with Gasteiger partial charge in [0.25, 0.3) is 0 Å². The number of amides is 7. The first kappa shape index (κ1) is 63.8. The quantitative estimate of drug-likeness (QED) is 0.0396. The first-order valence-corrected chi connectivity index (χ1v) is 25.9. The zero-order valence-electron chi connectivity index (χ0n) is 46.2. The van der Waals surface area contributed by atoms with E-state index in [1.165, 1.54) is 0 Å². The lowest BCUT2D eigenvalue weighted by atomic mass is 9.97. The summed E-state index contributed by atoms with van der Waals surface area (Å²) in [4.78, 5) is 111. The lowest BCUT2D eigenvalue weighted by molar-refractivity contribution is -0.150. The van der Waals surface area contributed by atoms with Gasteiger partial charge in [0.2, 0.25) is 35.4 Å². The lowest BCUT2D eigenvalue weighted by Crippen LogP contribution is -2.60. The maximum Gasteiger partial charge on any atom is 0.408 e. The Labute approximate surface area is 425 Å². The second kappa shape index (κ2) is 31.3. The Bertz CT molecular complexity index is 1840. The number of esters is 1. The minimum atomic E-state index is -1.12. The molecular weight excluding hydrogens is 907 g/mol. The molecule has 71 heavy (non-hydrogen) atoms. The Hall–Kier alpha value is -5.22. The summed E-state index contributed by atoms with van der Waals surface area (Å²) in [5, 5.41) is 19.7. The second-order valence-corrected chi connectivity index (χ2v) is 23.1. The van der Waals surface area contributed by atoms with Crippen LogP contribution in [0.3, 0.4) is 0 Å². The first-order chi connectivity index (χ1) is 32.9. The molecule has 17 nitrogen and oxygen atoms in total. The van der Waals surface area contributed by atoms with Gasteiger partial charge in [0.15, 0.2) is 0 Å². The number of nitrogens with one attached hydrogen (secondary N) is 7. The number of carbonyl (C=O) groups excluding carboxylic acids is 8. The van der Waals surface area contributed by atoms with Crippen LogP contribution >= 0.6 is 0 Å². The lowest BCUT2D eigenvalue weighted by Gasteiger charge is -2.30. The largest absolute Gasteiger partial charge is 0.459 e. The van der Waals surface area contributed by atoms with Crippen LogP contribution in [0.1, 0.15) is 168 Å². The Morgan fingerprint density at radius 3 is 0.873 bits per heavy atom. The van der Waals surface area contributed by atoms with Crippen molar-refractivity contribution in [2.24, 2.45) is 41.4 Å². The molecule has 1 rings (SSSR count). The molecule has 404 valence electrons. The molecule has 0 heterocycles. The van der Waals surface area contributed by atoms with Gasteiger partial charge < -0.3 is 46.7 Å². The van der Waals surface area contributed by atoms with Crippen molar-refractivity contribution >= 4 is 47.5 Å². The highest BCUT2D eigenvalue weighted by atomic mass is 16.6. The summed E-state index contributed by atoms with van der Waals surface area (Å²) in [6.45, 7) is 31.8. The number of hydrogen-bond acceptors (Lipinski definition) is 10. The average Bonchev–Trinajstić information content (AvgIpc) is 3.22. The van der Waals surface area contributed by atoms with E-state index in [0.717, 1.165) is 5.56 Å². The van der Waals surface area contributed by atoms with Gasteiger partial charge in [-0.25, -0.2) is 9.59 Å². The summed E-state index contributed by atoms with van der Waals surface area (Å²) in [5.41, 5.74) is -0.000905. The highest BCUT2D eigenvalue weighted by Crippen LogP contribution is 2.16. The van der Waals surface area contributed by atoms with Crippen molar-refractivity contribution in [2.45, 2.75) is 217 Å². The average molecular weight is 1000 g/mol. The summed E-state index contributed by atoms with van der Waals surface area (Å²) in [6.07, 6.45) is 0.888. The van der Waals surface area contributed by atoms with Crippen LogP contribution in [-0.2, 0) is 49.6 Å². The summed E-state index contributed by atoms with van der Waals surface area (Å²) >= 11 is 0. The summed E-state index contributed by atoms with van der Waals surface area (Å²) in [6, 6.07) is 1.79. The maximum absolute atomic E-state index is 14.3. The van der Waals surface area contributed by atoms with Crippen LogP contribution in [0.25, 0.3) is 0 Å². The Balaban J connectivity index is 3.40. The molecule has 0 aliphatic rings. The van der Waals surface area contributed by atoms with Crippen LogP contribution in [0.2, 0.25) is 0 Å². The molecule has 1 aromatic carbocycles. The van der Waals surface area contributed by atoms with Gasteiger partial charge in [-0.3, -0.25) is 28.8 Å². The van der Waals surface area contributed by atoms with Crippen LogP contribution in [0, 0.1) is 41.4 Å². The summed E-state index contributed by atoms with van der Waals surface area (Å²) < 4.78 is 11.0. The molecule has 0 bridgehead atoms. The molecule has 0 spiro atoms. The zero-order valence-corrected chi connectivity index (χ0v) is 46.2. The molecule has 0 aliphatic heterocycles. The molecule has 0 radical (unpaired) electrons.